The molecule has 1 saturated carbocycles. The largest absolute Gasteiger partial charge is 0.380 e. The third kappa shape index (κ3) is 3.36. The lowest BCUT2D eigenvalue weighted by Gasteiger charge is -2.20. The molecule has 2 unspecified atom stereocenters. The maximum Gasteiger partial charge on any atom is 0.142 e. The van der Waals surface area contributed by atoms with Gasteiger partial charge in [0.15, 0.2) is 0 Å². The van der Waals surface area contributed by atoms with Gasteiger partial charge in [0.05, 0.1) is 12.6 Å². The second-order valence-corrected chi connectivity index (χ2v) is 5.72. The molecule has 1 aromatic heterocycles. The molecule has 1 aromatic carbocycles. The van der Waals surface area contributed by atoms with Crippen LogP contribution in [-0.4, -0.2) is 27.4 Å². The smallest absolute Gasteiger partial charge is 0.142 e. The predicted octanol–water partition coefficient (Wildman–Crippen LogP) is 2.92. The van der Waals surface area contributed by atoms with Crippen LogP contribution >= 0.6 is 0 Å². The molecule has 4 nitrogen and oxygen atoms in total. The Kier molecular flexibility index (Phi) is 4.55. The number of halogens is 1. The fourth-order valence-electron chi connectivity index (χ4n) is 2.73. The van der Waals surface area contributed by atoms with Crippen LogP contribution in [0.1, 0.15) is 37.3 Å². The van der Waals surface area contributed by atoms with Crippen molar-refractivity contribution in [1.82, 2.24) is 9.55 Å². The second kappa shape index (κ2) is 6.58. The normalized spacial score (nSPS) is 17.4. The predicted molar refractivity (Wildman–Crippen MR) is 80.8 cm³/mol. The molecule has 118 valence electrons. The molecule has 0 saturated heterocycles. The number of ether oxygens (including phenoxy) is 1. The Balaban J connectivity index is 1.77. The number of aliphatic hydroxyl groups excluding tert-OH is 1. The van der Waals surface area contributed by atoms with Gasteiger partial charge in [-0.05, 0) is 43.4 Å². The van der Waals surface area contributed by atoms with E-state index in [1.165, 1.54) is 25.0 Å². The van der Waals surface area contributed by atoms with E-state index in [4.69, 9.17) is 4.74 Å². The SMILES string of the molecule is CCOC(Cn1ccnc1C(O)c1ccc(F)cc1)C1CC1. The maximum absolute atomic E-state index is 13.0. The van der Waals surface area contributed by atoms with Gasteiger partial charge >= 0.3 is 0 Å². The van der Waals surface area contributed by atoms with Gasteiger partial charge in [-0.25, -0.2) is 9.37 Å². The van der Waals surface area contributed by atoms with Crippen molar-refractivity contribution >= 4 is 0 Å². The fraction of sp³-hybridized carbons (Fsp3) is 0.471. The standard InChI is InChI=1S/C17H21FN2O2/c1-2-22-15(12-3-4-12)11-20-10-9-19-17(20)16(21)13-5-7-14(18)8-6-13/h5-10,12,15-16,21H,2-4,11H2,1H3. The summed E-state index contributed by atoms with van der Waals surface area (Å²) in [7, 11) is 0. The molecule has 0 amide bonds. The lowest BCUT2D eigenvalue weighted by atomic mass is 10.1. The zero-order valence-electron chi connectivity index (χ0n) is 12.7. The minimum atomic E-state index is -0.864. The summed E-state index contributed by atoms with van der Waals surface area (Å²) in [5, 5.41) is 10.5. The first-order valence-corrected chi connectivity index (χ1v) is 7.75. The van der Waals surface area contributed by atoms with Gasteiger partial charge in [0.25, 0.3) is 0 Å². The average Bonchev–Trinajstić information content (AvgIpc) is 3.27. The van der Waals surface area contributed by atoms with Crippen molar-refractivity contribution in [2.75, 3.05) is 6.61 Å². The quantitative estimate of drug-likeness (QED) is 0.855. The minimum Gasteiger partial charge on any atom is -0.380 e. The third-order valence-electron chi connectivity index (χ3n) is 4.08. The number of hydrogen-bond donors (Lipinski definition) is 1. The molecular weight excluding hydrogens is 283 g/mol. The first kappa shape index (κ1) is 15.2. The summed E-state index contributed by atoms with van der Waals surface area (Å²) in [5.74, 6) is 0.861. The van der Waals surface area contributed by atoms with E-state index in [1.807, 2.05) is 17.7 Å². The molecule has 0 aliphatic heterocycles. The van der Waals surface area contributed by atoms with Gasteiger partial charge in [-0.15, -0.1) is 0 Å². The van der Waals surface area contributed by atoms with E-state index in [0.717, 1.165) is 0 Å². The molecule has 0 bridgehead atoms. The van der Waals surface area contributed by atoms with Gasteiger partial charge in [0.1, 0.15) is 17.7 Å². The van der Waals surface area contributed by atoms with Gasteiger partial charge in [-0.3, -0.25) is 0 Å². The summed E-state index contributed by atoms with van der Waals surface area (Å²) < 4.78 is 20.8. The van der Waals surface area contributed by atoms with Gasteiger partial charge in [-0.2, -0.15) is 0 Å². The highest BCUT2D eigenvalue weighted by Gasteiger charge is 2.32. The van der Waals surface area contributed by atoms with E-state index in [0.29, 0.717) is 30.5 Å². The number of imidazole rings is 1. The van der Waals surface area contributed by atoms with Crippen LogP contribution in [-0.2, 0) is 11.3 Å². The number of rotatable bonds is 7. The Labute approximate surface area is 129 Å². The Morgan fingerprint density at radius 3 is 2.73 bits per heavy atom. The summed E-state index contributed by atoms with van der Waals surface area (Å²) in [4.78, 5) is 4.27. The monoisotopic (exact) mass is 304 g/mol. The van der Waals surface area contributed by atoms with E-state index >= 15 is 0 Å². The maximum atomic E-state index is 13.0. The highest BCUT2D eigenvalue weighted by Crippen LogP contribution is 2.35. The first-order chi connectivity index (χ1) is 10.7. The highest BCUT2D eigenvalue weighted by molar-refractivity contribution is 5.23. The molecule has 2 atom stereocenters. The number of aromatic nitrogens is 2. The second-order valence-electron chi connectivity index (χ2n) is 5.72. The van der Waals surface area contributed by atoms with Crippen molar-refractivity contribution in [2.45, 2.75) is 38.5 Å². The molecule has 0 spiro atoms. The van der Waals surface area contributed by atoms with E-state index in [1.54, 1.807) is 18.3 Å². The summed E-state index contributed by atoms with van der Waals surface area (Å²) in [6.45, 7) is 3.37. The first-order valence-electron chi connectivity index (χ1n) is 7.75. The topological polar surface area (TPSA) is 47.3 Å². The van der Waals surface area contributed by atoms with E-state index in [9.17, 15) is 9.50 Å². The van der Waals surface area contributed by atoms with E-state index in [-0.39, 0.29) is 11.9 Å². The molecule has 22 heavy (non-hydrogen) atoms. The van der Waals surface area contributed by atoms with Crippen molar-refractivity contribution in [3.63, 3.8) is 0 Å². The van der Waals surface area contributed by atoms with Crippen LogP contribution in [0.3, 0.4) is 0 Å². The lowest BCUT2D eigenvalue weighted by Crippen LogP contribution is -2.24. The molecule has 1 N–H and O–H groups in total. The molecule has 1 aliphatic rings. The van der Waals surface area contributed by atoms with Crippen molar-refractivity contribution in [1.29, 1.82) is 0 Å². The van der Waals surface area contributed by atoms with Crippen molar-refractivity contribution in [3.8, 4) is 0 Å². The Hall–Kier alpha value is -1.72. The highest BCUT2D eigenvalue weighted by atomic mass is 19.1. The van der Waals surface area contributed by atoms with Crippen LogP contribution in [0.2, 0.25) is 0 Å². The van der Waals surface area contributed by atoms with E-state index in [2.05, 4.69) is 4.98 Å². The van der Waals surface area contributed by atoms with Crippen LogP contribution in [0.4, 0.5) is 4.39 Å². The lowest BCUT2D eigenvalue weighted by molar-refractivity contribution is 0.0332. The van der Waals surface area contributed by atoms with Crippen LogP contribution in [0.5, 0.6) is 0 Å². The Morgan fingerprint density at radius 2 is 2.09 bits per heavy atom. The van der Waals surface area contributed by atoms with Crippen LogP contribution in [0, 0.1) is 11.7 Å². The van der Waals surface area contributed by atoms with Crippen molar-refractivity contribution in [2.24, 2.45) is 5.92 Å². The fourth-order valence-corrected chi connectivity index (χ4v) is 2.73. The summed E-state index contributed by atoms with van der Waals surface area (Å²) in [6, 6.07) is 5.86. The van der Waals surface area contributed by atoms with Crippen LogP contribution in [0.15, 0.2) is 36.7 Å². The Morgan fingerprint density at radius 1 is 1.36 bits per heavy atom. The summed E-state index contributed by atoms with van der Waals surface area (Å²) in [6.07, 6.45) is 5.24. The number of aliphatic hydroxyl groups is 1. The van der Waals surface area contributed by atoms with Gasteiger partial charge < -0.3 is 14.4 Å². The van der Waals surface area contributed by atoms with Crippen LogP contribution in [0.25, 0.3) is 0 Å². The molecular formula is C17H21FN2O2. The molecule has 5 heteroatoms. The van der Waals surface area contributed by atoms with Crippen molar-refractivity contribution in [3.05, 3.63) is 53.9 Å². The number of benzene rings is 1. The van der Waals surface area contributed by atoms with Gasteiger partial charge in [-0.1, -0.05) is 12.1 Å². The minimum absolute atomic E-state index is 0.165. The average molecular weight is 304 g/mol. The zero-order valence-corrected chi connectivity index (χ0v) is 12.7. The third-order valence-corrected chi connectivity index (χ3v) is 4.08. The Bertz CT molecular complexity index is 607. The molecule has 0 radical (unpaired) electrons. The van der Waals surface area contributed by atoms with Gasteiger partial charge in [0.2, 0.25) is 0 Å². The zero-order chi connectivity index (χ0) is 15.5. The summed E-state index contributed by atoms with van der Waals surface area (Å²) in [5.41, 5.74) is 0.633. The molecule has 1 aliphatic carbocycles. The van der Waals surface area contributed by atoms with Crippen molar-refractivity contribution < 1.29 is 14.2 Å². The van der Waals surface area contributed by atoms with E-state index < -0.39 is 6.10 Å². The molecule has 1 heterocycles. The summed E-state index contributed by atoms with van der Waals surface area (Å²) >= 11 is 0. The number of hydrogen-bond acceptors (Lipinski definition) is 3. The molecule has 2 aromatic rings. The number of nitrogens with zero attached hydrogens (tertiary/aromatic N) is 2. The van der Waals surface area contributed by atoms with Crippen LogP contribution < -0.4 is 0 Å². The molecule has 1 fully saturated rings. The van der Waals surface area contributed by atoms with Gasteiger partial charge in [0, 0.05) is 19.0 Å². The molecule has 3 rings (SSSR count).